The number of ether oxygens (including phenoxy) is 2. The maximum Gasteiger partial charge on any atom is 0.191 e. The maximum atomic E-state index is 5.36. The molecule has 1 aromatic rings. The summed E-state index contributed by atoms with van der Waals surface area (Å²) in [5.74, 6) is 2.37. The normalized spacial score (nSPS) is 12.8. The number of hydrogen-bond acceptors (Lipinski definition) is 4. The van der Waals surface area contributed by atoms with Crippen LogP contribution < -0.4 is 20.1 Å². The molecule has 0 amide bonds. The van der Waals surface area contributed by atoms with Crippen LogP contribution in [0, 0.1) is 0 Å². The molecule has 154 valence electrons. The number of methoxy groups -OCH3 is 2. The highest BCUT2D eigenvalue weighted by Gasteiger charge is 2.08. The van der Waals surface area contributed by atoms with Crippen molar-refractivity contribution in [3.05, 3.63) is 23.8 Å². The molecule has 1 unspecified atom stereocenters. The van der Waals surface area contributed by atoms with Gasteiger partial charge in [0.15, 0.2) is 17.5 Å². The van der Waals surface area contributed by atoms with Gasteiger partial charge in [-0.05, 0) is 63.5 Å². The number of rotatable bonds is 12. The number of benzene rings is 1. The van der Waals surface area contributed by atoms with Crippen LogP contribution in [0.25, 0.3) is 0 Å². The highest BCUT2D eigenvalue weighted by Crippen LogP contribution is 2.27. The molecule has 0 spiro atoms. The molecular weight excluding hydrogens is 340 g/mol. The van der Waals surface area contributed by atoms with E-state index in [4.69, 9.17) is 9.47 Å². The minimum Gasteiger partial charge on any atom is -0.493 e. The van der Waals surface area contributed by atoms with E-state index in [-0.39, 0.29) is 0 Å². The van der Waals surface area contributed by atoms with Crippen LogP contribution >= 0.6 is 0 Å². The van der Waals surface area contributed by atoms with Gasteiger partial charge < -0.3 is 25.0 Å². The van der Waals surface area contributed by atoms with E-state index in [1.807, 2.05) is 19.2 Å². The third-order valence-electron chi connectivity index (χ3n) is 4.77. The summed E-state index contributed by atoms with van der Waals surface area (Å²) in [6.07, 6.45) is 3.21. The second-order valence-corrected chi connectivity index (χ2v) is 6.65. The van der Waals surface area contributed by atoms with Crippen molar-refractivity contribution in [1.82, 2.24) is 15.5 Å². The molecule has 6 nitrogen and oxygen atoms in total. The minimum absolute atomic E-state index is 0.396. The van der Waals surface area contributed by atoms with Crippen molar-refractivity contribution in [2.45, 2.75) is 46.1 Å². The summed E-state index contributed by atoms with van der Waals surface area (Å²) in [7, 11) is 5.12. The highest BCUT2D eigenvalue weighted by atomic mass is 16.5. The molecule has 0 aliphatic heterocycles. The van der Waals surface area contributed by atoms with Gasteiger partial charge in [-0.15, -0.1) is 0 Å². The first-order valence-electron chi connectivity index (χ1n) is 9.98. The SMILES string of the molecule is CCN(CC)CCCC(C)NC(=NC)NCCc1ccc(OC)c(OC)c1. The molecule has 0 aliphatic carbocycles. The van der Waals surface area contributed by atoms with E-state index in [9.17, 15) is 0 Å². The Morgan fingerprint density at radius 1 is 1.15 bits per heavy atom. The number of hydrogen-bond donors (Lipinski definition) is 2. The largest absolute Gasteiger partial charge is 0.493 e. The Morgan fingerprint density at radius 3 is 2.44 bits per heavy atom. The van der Waals surface area contributed by atoms with Crippen LogP contribution in [0.1, 0.15) is 39.2 Å². The lowest BCUT2D eigenvalue weighted by molar-refractivity contribution is 0.292. The first-order valence-corrected chi connectivity index (χ1v) is 9.98. The van der Waals surface area contributed by atoms with E-state index < -0.39 is 0 Å². The smallest absolute Gasteiger partial charge is 0.191 e. The Labute approximate surface area is 165 Å². The van der Waals surface area contributed by atoms with Gasteiger partial charge >= 0.3 is 0 Å². The van der Waals surface area contributed by atoms with E-state index >= 15 is 0 Å². The molecule has 0 aliphatic rings. The van der Waals surface area contributed by atoms with Crippen LogP contribution in [-0.2, 0) is 6.42 Å². The van der Waals surface area contributed by atoms with Crippen LogP contribution in [0.3, 0.4) is 0 Å². The Morgan fingerprint density at radius 2 is 1.85 bits per heavy atom. The molecule has 0 fully saturated rings. The van der Waals surface area contributed by atoms with Gasteiger partial charge in [0.05, 0.1) is 14.2 Å². The second-order valence-electron chi connectivity index (χ2n) is 6.65. The molecule has 27 heavy (non-hydrogen) atoms. The molecule has 1 aromatic carbocycles. The van der Waals surface area contributed by atoms with Gasteiger partial charge in [-0.1, -0.05) is 19.9 Å². The second kappa shape index (κ2) is 13.3. The summed E-state index contributed by atoms with van der Waals surface area (Å²) in [6.45, 7) is 10.9. The van der Waals surface area contributed by atoms with Crippen LogP contribution in [-0.4, -0.2) is 64.3 Å². The maximum absolute atomic E-state index is 5.36. The molecular formula is C21H38N4O2. The zero-order valence-corrected chi connectivity index (χ0v) is 18.0. The van der Waals surface area contributed by atoms with Gasteiger partial charge in [0, 0.05) is 19.6 Å². The number of nitrogens with one attached hydrogen (secondary N) is 2. The minimum atomic E-state index is 0.396. The third kappa shape index (κ3) is 8.52. The molecule has 0 saturated carbocycles. The number of guanidine groups is 1. The summed E-state index contributed by atoms with van der Waals surface area (Å²) < 4.78 is 10.6. The summed E-state index contributed by atoms with van der Waals surface area (Å²) >= 11 is 0. The van der Waals surface area contributed by atoms with Crippen molar-refractivity contribution in [3.63, 3.8) is 0 Å². The van der Waals surface area contributed by atoms with E-state index in [0.717, 1.165) is 56.5 Å². The fourth-order valence-electron chi connectivity index (χ4n) is 3.02. The van der Waals surface area contributed by atoms with Crippen molar-refractivity contribution in [2.75, 3.05) is 47.4 Å². The number of aliphatic imine (C=N–C) groups is 1. The van der Waals surface area contributed by atoms with E-state index in [0.29, 0.717) is 6.04 Å². The standard InChI is InChI=1S/C21H38N4O2/c1-7-25(8-2)15-9-10-17(3)24-21(22-4)23-14-13-18-11-12-19(26-5)20(16-18)27-6/h11-12,16-17H,7-10,13-15H2,1-6H3,(H2,22,23,24). The summed E-state index contributed by atoms with van der Waals surface area (Å²) in [5, 5.41) is 6.87. The quantitative estimate of drug-likeness (QED) is 0.433. The molecule has 0 heterocycles. The topological polar surface area (TPSA) is 58.1 Å². The molecule has 2 N–H and O–H groups in total. The fourth-order valence-corrected chi connectivity index (χ4v) is 3.02. The predicted molar refractivity (Wildman–Crippen MR) is 114 cm³/mol. The van der Waals surface area contributed by atoms with Gasteiger partial charge in [-0.25, -0.2) is 0 Å². The van der Waals surface area contributed by atoms with Crippen molar-refractivity contribution in [3.8, 4) is 11.5 Å². The average Bonchev–Trinajstić information content (AvgIpc) is 2.70. The average molecular weight is 379 g/mol. The first kappa shape index (κ1) is 23.1. The van der Waals surface area contributed by atoms with Crippen LogP contribution in [0.5, 0.6) is 11.5 Å². The lowest BCUT2D eigenvalue weighted by Crippen LogP contribution is -2.43. The molecule has 0 radical (unpaired) electrons. The van der Waals surface area contributed by atoms with Crippen molar-refractivity contribution >= 4 is 5.96 Å². The lowest BCUT2D eigenvalue weighted by Gasteiger charge is -2.21. The lowest BCUT2D eigenvalue weighted by atomic mass is 10.1. The van der Waals surface area contributed by atoms with Crippen LogP contribution in [0.2, 0.25) is 0 Å². The molecule has 0 aromatic heterocycles. The molecule has 0 bridgehead atoms. The van der Waals surface area contributed by atoms with E-state index in [1.165, 1.54) is 12.0 Å². The third-order valence-corrected chi connectivity index (χ3v) is 4.77. The van der Waals surface area contributed by atoms with E-state index in [2.05, 4.69) is 47.4 Å². The van der Waals surface area contributed by atoms with Gasteiger partial charge in [0.2, 0.25) is 0 Å². The zero-order valence-electron chi connectivity index (χ0n) is 18.0. The summed E-state index contributed by atoms with van der Waals surface area (Å²) in [4.78, 5) is 6.80. The Hall–Kier alpha value is -1.95. The molecule has 6 heteroatoms. The van der Waals surface area contributed by atoms with Crippen LogP contribution in [0.4, 0.5) is 0 Å². The molecule has 1 atom stereocenters. The molecule has 1 rings (SSSR count). The van der Waals surface area contributed by atoms with Crippen LogP contribution in [0.15, 0.2) is 23.2 Å². The van der Waals surface area contributed by atoms with Gasteiger partial charge in [0.25, 0.3) is 0 Å². The predicted octanol–water partition coefficient (Wildman–Crippen LogP) is 2.92. The number of nitrogens with zero attached hydrogens (tertiary/aromatic N) is 2. The fraction of sp³-hybridized carbons (Fsp3) is 0.667. The van der Waals surface area contributed by atoms with Gasteiger partial charge in [-0.2, -0.15) is 0 Å². The van der Waals surface area contributed by atoms with Crippen molar-refractivity contribution in [1.29, 1.82) is 0 Å². The monoisotopic (exact) mass is 378 g/mol. The van der Waals surface area contributed by atoms with Crippen molar-refractivity contribution < 1.29 is 9.47 Å². The summed E-state index contributed by atoms with van der Waals surface area (Å²) in [6, 6.07) is 6.42. The zero-order chi connectivity index (χ0) is 20.1. The Bertz CT molecular complexity index is 559. The first-order chi connectivity index (χ1) is 13.1. The molecule has 0 saturated heterocycles. The Balaban J connectivity index is 2.37. The van der Waals surface area contributed by atoms with E-state index in [1.54, 1.807) is 14.2 Å². The van der Waals surface area contributed by atoms with Crippen molar-refractivity contribution in [2.24, 2.45) is 4.99 Å². The highest BCUT2D eigenvalue weighted by molar-refractivity contribution is 5.79. The van der Waals surface area contributed by atoms with Gasteiger partial charge in [-0.3, -0.25) is 4.99 Å². The summed E-state index contributed by atoms with van der Waals surface area (Å²) in [5.41, 5.74) is 1.20. The van der Waals surface area contributed by atoms with Gasteiger partial charge in [0.1, 0.15) is 0 Å². The Kier molecular flexibility index (Phi) is 11.3.